The van der Waals surface area contributed by atoms with Gasteiger partial charge >= 0.3 is 0 Å². The summed E-state index contributed by atoms with van der Waals surface area (Å²) in [6.45, 7) is 2.12. The van der Waals surface area contributed by atoms with Crippen LogP contribution in [0.1, 0.15) is 46.4 Å². The van der Waals surface area contributed by atoms with Crippen molar-refractivity contribution in [2.24, 2.45) is 0 Å². The molecular weight excluding hydrogens is 410 g/mol. The third-order valence-electron chi connectivity index (χ3n) is 4.42. The second kappa shape index (κ2) is 8.78. The Morgan fingerprint density at radius 2 is 1.88 bits per heavy atom. The maximum absolute atomic E-state index is 12.3. The van der Waals surface area contributed by atoms with Crippen LogP contribution in [0.25, 0.3) is 0 Å². The van der Waals surface area contributed by atoms with Gasteiger partial charge in [-0.25, -0.2) is 0 Å². The number of fused-ring (bicyclic) bond motifs is 1. The summed E-state index contributed by atoms with van der Waals surface area (Å²) in [6, 6.07) is 5.30. The molecule has 0 atom stereocenters. The number of hydrogen-bond donors (Lipinski definition) is 2. The van der Waals surface area contributed by atoms with E-state index in [-0.39, 0.29) is 42.7 Å². The summed E-state index contributed by atoms with van der Waals surface area (Å²) in [5.41, 5.74) is 0.857. The van der Waals surface area contributed by atoms with Gasteiger partial charge in [0.05, 0.1) is 11.1 Å². The lowest BCUT2D eigenvalue weighted by Gasteiger charge is -2.23. The van der Waals surface area contributed by atoms with Gasteiger partial charge < -0.3 is 10.6 Å². The molecule has 2 heterocycles. The van der Waals surface area contributed by atoms with Crippen LogP contribution in [0.3, 0.4) is 0 Å². The van der Waals surface area contributed by atoms with Crippen molar-refractivity contribution in [2.45, 2.75) is 31.7 Å². The van der Waals surface area contributed by atoms with Crippen LogP contribution in [0.4, 0.5) is 0 Å². The lowest BCUT2D eigenvalue weighted by Crippen LogP contribution is -2.42. The second-order valence-electron chi connectivity index (χ2n) is 6.15. The molecule has 0 saturated carbocycles. The molecule has 0 bridgehead atoms. The van der Waals surface area contributed by atoms with E-state index in [0.717, 1.165) is 30.4 Å². The largest absolute Gasteiger partial charge is 0.353 e. The van der Waals surface area contributed by atoms with Crippen molar-refractivity contribution < 1.29 is 14.4 Å². The summed E-state index contributed by atoms with van der Waals surface area (Å²) < 4.78 is 0.769. The molecule has 1 fully saturated rings. The van der Waals surface area contributed by atoms with Crippen molar-refractivity contribution >= 4 is 46.1 Å². The van der Waals surface area contributed by atoms with E-state index >= 15 is 0 Å². The smallest absolute Gasteiger partial charge is 0.261 e. The number of amides is 3. The standard InChI is InChI=1S/C17H20BrN3O3.ClH/c18-11-3-4-13-14(10-11)17(24)21(16(13)23)9-1-2-15(22)20-12-5-7-19-8-6-12;/h3-4,10,12,19H,1-2,5-9H2,(H,20,22);1H. The highest BCUT2D eigenvalue weighted by molar-refractivity contribution is 9.10. The van der Waals surface area contributed by atoms with Gasteiger partial charge in [0.25, 0.3) is 11.8 Å². The summed E-state index contributed by atoms with van der Waals surface area (Å²) in [4.78, 5) is 37.8. The number of rotatable bonds is 5. The molecule has 0 spiro atoms. The van der Waals surface area contributed by atoms with Gasteiger partial charge in [0.1, 0.15) is 0 Å². The Hall–Kier alpha value is -1.44. The minimum absolute atomic E-state index is 0. The van der Waals surface area contributed by atoms with Gasteiger partial charge in [0.15, 0.2) is 0 Å². The van der Waals surface area contributed by atoms with Crippen LogP contribution in [-0.2, 0) is 4.79 Å². The SMILES string of the molecule is Cl.O=C(CCCN1C(=O)c2ccc(Br)cc2C1=O)NC1CCNCC1. The van der Waals surface area contributed by atoms with E-state index in [2.05, 4.69) is 26.6 Å². The van der Waals surface area contributed by atoms with Gasteiger partial charge in [-0.2, -0.15) is 0 Å². The van der Waals surface area contributed by atoms with Crippen LogP contribution in [-0.4, -0.2) is 48.3 Å². The third kappa shape index (κ3) is 4.59. The molecule has 2 aliphatic heterocycles. The highest BCUT2D eigenvalue weighted by Crippen LogP contribution is 2.26. The number of carbonyl (C=O) groups excluding carboxylic acids is 3. The van der Waals surface area contributed by atoms with E-state index in [0.29, 0.717) is 24.0 Å². The molecule has 136 valence electrons. The number of nitrogens with zero attached hydrogens (tertiary/aromatic N) is 1. The van der Waals surface area contributed by atoms with E-state index in [1.807, 2.05) is 0 Å². The predicted molar refractivity (Wildman–Crippen MR) is 100 cm³/mol. The molecule has 0 radical (unpaired) electrons. The monoisotopic (exact) mass is 429 g/mol. The fourth-order valence-electron chi connectivity index (χ4n) is 3.13. The molecule has 1 aromatic carbocycles. The van der Waals surface area contributed by atoms with Crippen LogP contribution in [0, 0.1) is 0 Å². The van der Waals surface area contributed by atoms with E-state index in [9.17, 15) is 14.4 Å². The molecule has 0 aliphatic carbocycles. The first-order chi connectivity index (χ1) is 11.6. The molecule has 1 saturated heterocycles. The number of hydrogen-bond acceptors (Lipinski definition) is 4. The normalized spacial score (nSPS) is 17.2. The lowest BCUT2D eigenvalue weighted by molar-refractivity contribution is -0.122. The molecule has 0 unspecified atom stereocenters. The Bertz CT molecular complexity index is 677. The van der Waals surface area contributed by atoms with Gasteiger partial charge in [-0.05, 0) is 50.6 Å². The van der Waals surface area contributed by atoms with E-state index in [4.69, 9.17) is 0 Å². The fraction of sp³-hybridized carbons (Fsp3) is 0.471. The van der Waals surface area contributed by atoms with Crippen molar-refractivity contribution in [3.63, 3.8) is 0 Å². The maximum Gasteiger partial charge on any atom is 0.261 e. The zero-order valence-corrected chi connectivity index (χ0v) is 16.1. The van der Waals surface area contributed by atoms with Crippen molar-refractivity contribution in [1.82, 2.24) is 15.5 Å². The first kappa shape index (κ1) is 19.9. The van der Waals surface area contributed by atoms with Crippen LogP contribution in [0.5, 0.6) is 0 Å². The third-order valence-corrected chi connectivity index (χ3v) is 4.92. The molecule has 3 rings (SSSR count). The molecule has 2 N–H and O–H groups in total. The Morgan fingerprint density at radius 1 is 1.20 bits per heavy atom. The number of nitrogens with one attached hydrogen (secondary N) is 2. The lowest BCUT2D eigenvalue weighted by atomic mass is 10.1. The van der Waals surface area contributed by atoms with Gasteiger partial charge in [-0.15, -0.1) is 12.4 Å². The van der Waals surface area contributed by atoms with Crippen LogP contribution in [0.2, 0.25) is 0 Å². The fourth-order valence-corrected chi connectivity index (χ4v) is 3.49. The quantitative estimate of drug-likeness (QED) is 0.701. The summed E-state index contributed by atoms with van der Waals surface area (Å²) in [7, 11) is 0. The predicted octanol–water partition coefficient (Wildman–Crippen LogP) is 2.12. The molecule has 3 amide bonds. The van der Waals surface area contributed by atoms with Crippen LogP contribution < -0.4 is 10.6 Å². The highest BCUT2D eigenvalue weighted by atomic mass is 79.9. The molecule has 6 nitrogen and oxygen atoms in total. The van der Waals surface area contributed by atoms with Gasteiger partial charge in [0, 0.05) is 23.5 Å². The van der Waals surface area contributed by atoms with E-state index in [1.165, 1.54) is 4.90 Å². The molecule has 25 heavy (non-hydrogen) atoms. The topological polar surface area (TPSA) is 78.5 Å². The number of carbonyl (C=O) groups is 3. The van der Waals surface area contributed by atoms with Crippen molar-refractivity contribution in [1.29, 1.82) is 0 Å². The van der Waals surface area contributed by atoms with Gasteiger partial charge in [-0.3, -0.25) is 19.3 Å². The number of piperidine rings is 1. The molecule has 1 aromatic rings. The van der Waals surface area contributed by atoms with Gasteiger partial charge in [0.2, 0.25) is 5.91 Å². The Morgan fingerprint density at radius 3 is 2.60 bits per heavy atom. The van der Waals surface area contributed by atoms with Crippen LogP contribution in [0.15, 0.2) is 22.7 Å². The van der Waals surface area contributed by atoms with Crippen LogP contribution >= 0.6 is 28.3 Å². The van der Waals surface area contributed by atoms with Gasteiger partial charge in [-0.1, -0.05) is 15.9 Å². The minimum Gasteiger partial charge on any atom is -0.353 e. The molecule has 0 aromatic heterocycles. The first-order valence-corrected chi connectivity index (χ1v) is 9.01. The Balaban J connectivity index is 0.00000225. The number of imide groups is 1. The van der Waals surface area contributed by atoms with E-state index < -0.39 is 0 Å². The summed E-state index contributed by atoms with van der Waals surface area (Å²) in [5, 5.41) is 6.27. The average Bonchev–Trinajstić information content (AvgIpc) is 2.80. The zero-order chi connectivity index (χ0) is 17.1. The second-order valence-corrected chi connectivity index (χ2v) is 7.06. The molecule has 2 aliphatic rings. The number of benzene rings is 1. The maximum atomic E-state index is 12.3. The Labute approximate surface area is 161 Å². The van der Waals surface area contributed by atoms with E-state index in [1.54, 1.807) is 18.2 Å². The molecular formula is C17H21BrClN3O3. The summed E-state index contributed by atoms with van der Waals surface area (Å²) >= 11 is 3.31. The average molecular weight is 431 g/mol. The molecule has 8 heteroatoms. The van der Waals surface area contributed by atoms with Crippen molar-refractivity contribution in [3.05, 3.63) is 33.8 Å². The van der Waals surface area contributed by atoms with Crippen molar-refractivity contribution in [2.75, 3.05) is 19.6 Å². The van der Waals surface area contributed by atoms with Crippen molar-refractivity contribution in [3.8, 4) is 0 Å². The Kier molecular flexibility index (Phi) is 6.98. The minimum atomic E-state index is -0.282. The highest BCUT2D eigenvalue weighted by Gasteiger charge is 2.35. The zero-order valence-electron chi connectivity index (χ0n) is 13.7. The summed E-state index contributed by atoms with van der Waals surface area (Å²) in [5.74, 6) is -0.572. The summed E-state index contributed by atoms with van der Waals surface area (Å²) in [6.07, 6.45) is 2.68. The first-order valence-electron chi connectivity index (χ1n) is 8.22. The number of halogens is 2.